The Bertz CT molecular complexity index is 568. The molecule has 0 aliphatic heterocycles. The van der Waals surface area contributed by atoms with E-state index in [1.54, 1.807) is 0 Å². The van der Waals surface area contributed by atoms with Gasteiger partial charge in [0, 0.05) is 5.56 Å². The summed E-state index contributed by atoms with van der Waals surface area (Å²) in [5.41, 5.74) is 0.0191. The molecule has 0 amide bonds. The molecule has 0 unspecified atom stereocenters. The molecule has 0 aliphatic rings. The molecule has 1 aromatic carbocycles. The maximum Gasteiger partial charge on any atom is 0.377 e. The molecule has 17 heavy (non-hydrogen) atoms. The second kappa shape index (κ2) is 4.28. The molecule has 0 saturated carbocycles. The fourth-order valence-electron chi connectivity index (χ4n) is 1.26. The first kappa shape index (κ1) is 11.2. The Kier molecular flexibility index (Phi) is 2.82. The summed E-state index contributed by atoms with van der Waals surface area (Å²) in [4.78, 5) is 14.0. The van der Waals surface area contributed by atoms with E-state index < -0.39 is 23.4 Å². The monoisotopic (exact) mass is 240 g/mol. The van der Waals surface area contributed by atoms with Gasteiger partial charge in [0.2, 0.25) is 5.89 Å². The molecule has 5 nitrogen and oxygen atoms in total. The van der Waals surface area contributed by atoms with Crippen LogP contribution in [0.3, 0.4) is 0 Å². The van der Waals surface area contributed by atoms with Gasteiger partial charge in [0.05, 0.1) is 6.42 Å². The number of carbonyl (C=O) groups is 1. The van der Waals surface area contributed by atoms with E-state index in [1.165, 1.54) is 0 Å². The highest BCUT2D eigenvalue weighted by molar-refractivity contribution is 5.82. The van der Waals surface area contributed by atoms with E-state index in [-0.39, 0.29) is 17.9 Å². The van der Waals surface area contributed by atoms with Crippen LogP contribution in [-0.2, 0) is 6.42 Å². The smallest absolute Gasteiger partial charge is 0.377 e. The molecule has 0 spiro atoms. The van der Waals surface area contributed by atoms with Crippen LogP contribution in [-0.4, -0.2) is 21.2 Å². The lowest BCUT2D eigenvalue weighted by molar-refractivity contribution is 0.0680. The van der Waals surface area contributed by atoms with E-state index in [0.717, 1.165) is 18.2 Å². The second-order valence-corrected chi connectivity index (χ2v) is 3.23. The lowest BCUT2D eigenvalue weighted by Crippen LogP contribution is -1.99. The number of aromatic carboxylic acids is 1. The number of nitrogens with zero attached hydrogens (tertiary/aromatic N) is 2. The van der Waals surface area contributed by atoms with Crippen LogP contribution >= 0.6 is 0 Å². The van der Waals surface area contributed by atoms with Crippen molar-refractivity contribution in [1.29, 1.82) is 0 Å². The maximum atomic E-state index is 13.2. The Balaban J connectivity index is 2.25. The summed E-state index contributed by atoms with van der Waals surface area (Å²) >= 11 is 0. The molecule has 0 saturated heterocycles. The number of carboxylic acid groups (broad SMARTS) is 1. The van der Waals surface area contributed by atoms with Crippen LogP contribution in [0.25, 0.3) is 0 Å². The molecule has 0 radical (unpaired) electrons. The highest BCUT2D eigenvalue weighted by Crippen LogP contribution is 2.13. The van der Waals surface area contributed by atoms with Gasteiger partial charge in [-0.3, -0.25) is 0 Å². The Labute approximate surface area is 93.7 Å². The highest BCUT2D eigenvalue weighted by Gasteiger charge is 2.14. The third kappa shape index (κ3) is 2.44. The quantitative estimate of drug-likeness (QED) is 0.882. The molecule has 1 aromatic heterocycles. The first-order valence-corrected chi connectivity index (χ1v) is 4.56. The van der Waals surface area contributed by atoms with Gasteiger partial charge in [0.25, 0.3) is 5.82 Å². The van der Waals surface area contributed by atoms with Crippen molar-refractivity contribution in [3.8, 4) is 0 Å². The predicted octanol–water partition coefficient (Wildman–Crippen LogP) is 1.64. The zero-order valence-corrected chi connectivity index (χ0v) is 8.35. The van der Waals surface area contributed by atoms with Crippen molar-refractivity contribution < 1.29 is 23.2 Å². The number of aromatic nitrogens is 2. The minimum Gasteiger partial charge on any atom is -0.475 e. The topological polar surface area (TPSA) is 76.2 Å². The summed E-state index contributed by atoms with van der Waals surface area (Å²) in [7, 11) is 0. The van der Waals surface area contributed by atoms with Gasteiger partial charge in [0.15, 0.2) is 0 Å². The van der Waals surface area contributed by atoms with Crippen LogP contribution in [0.5, 0.6) is 0 Å². The highest BCUT2D eigenvalue weighted by atomic mass is 19.1. The fourth-order valence-corrected chi connectivity index (χ4v) is 1.26. The van der Waals surface area contributed by atoms with Gasteiger partial charge in [0.1, 0.15) is 11.6 Å². The van der Waals surface area contributed by atoms with Gasteiger partial charge < -0.3 is 9.63 Å². The number of halogens is 2. The maximum absolute atomic E-state index is 13.2. The van der Waals surface area contributed by atoms with Crippen LogP contribution in [0, 0.1) is 11.6 Å². The minimum absolute atomic E-state index is 0.0191. The van der Waals surface area contributed by atoms with E-state index in [4.69, 9.17) is 5.11 Å². The predicted molar refractivity (Wildman–Crippen MR) is 50.4 cm³/mol. The molecule has 0 fully saturated rings. The molecular weight excluding hydrogens is 234 g/mol. The molecule has 2 rings (SSSR count). The van der Waals surface area contributed by atoms with Crippen molar-refractivity contribution in [3.05, 3.63) is 47.1 Å². The van der Waals surface area contributed by atoms with Gasteiger partial charge >= 0.3 is 5.97 Å². The van der Waals surface area contributed by atoms with Crippen molar-refractivity contribution in [1.82, 2.24) is 10.1 Å². The molecule has 0 aliphatic carbocycles. The number of benzene rings is 1. The van der Waals surface area contributed by atoms with Crippen LogP contribution in [0.15, 0.2) is 22.7 Å². The molecule has 1 heterocycles. The standard InChI is InChI=1S/C10H6F2N2O3/c11-6-1-2-7(12)5(3-6)4-8-13-9(10(15)16)14-17-8/h1-3H,4H2,(H,15,16). The van der Waals surface area contributed by atoms with Crippen molar-refractivity contribution in [2.24, 2.45) is 0 Å². The second-order valence-electron chi connectivity index (χ2n) is 3.23. The first-order valence-electron chi connectivity index (χ1n) is 4.56. The minimum atomic E-state index is -1.35. The normalized spacial score (nSPS) is 10.5. The summed E-state index contributed by atoms with van der Waals surface area (Å²) in [6, 6.07) is 2.94. The van der Waals surface area contributed by atoms with Crippen LogP contribution in [0.4, 0.5) is 8.78 Å². The van der Waals surface area contributed by atoms with Gasteiger partial charge in [-0.05, 0) is 23.4 Å². The van der Waals surface area contributed by atoms with Gasteiger partial charge in [-0.1, -0.05) is 0 Å². The van der Waals surface area contributed by atoms with E-state index in [2.05, 4.69) is 14.7 Å². The van der Waals surface area contributed by atoms with Gasteiger partial charge in [-0.15, -0.1) is 0 Å². The van der Waals surface area contributed by atoms with Crippen molar-refractivity contribution in [2.75, 3.05) is 0 Å². The number of carboxylic acids is 1. The van der Waals surface area contributed by atoms with Crippen LogP contribution in [0.1, 0.15) is 22.1 Å². The van der Waals surface area contributed by atoms with E-state index in [9.17, 15) is 13.6 Å². The molecular formula is C10H6F2N2O3. The lowest BCUT2D eigenvalue weighted by atomic mass is 10.1. The third-order valence-electron chi connectivity index (χ3n) is 2.01. The number of hydrogen-bond donors (Lipinski definition) is 1. The zero-order chi connectivity index (χ0) is 12.4. The third-order valence-corrected chi connectivity index (χ3v) is 2.01. The Morgan fingerprint density at radius 2 is 2.18 bits per heavy atom. The van der Waals surface area contributed by atoms with E-state index in [1.807, 2.05) is 0 Å². The van der Waals surface area contributed by atoms with Crippen molar-refractivity contribution in [2.45, 2.75) is 6.42 Å². The van der Waals surface area contributed by atoms with Gasteiger partial charge in [-0.2, -0.15) is 4.98 Å². The number of rotatable bonds is 3. The Morgan fingerprint density at radius 1 is 1.41 bits per heavy atom. The molecule has 2 aromatic rings. The van der Waals surface area contributed by atoms with Crippen molar-refractivity contribution >= 4 is 5.97 Å². The summed E-state index contributed by atoms with van der Waals surface area (Å²) in [6.45, 7) is 0. The summed E-state index contributed by atoms with van der Waals surface area (Å²) in [6.07, 6.45) is -0.163. The van der Waals surface area contributed by atoms with Crippen LogP contribution < -0.4 is 0 Å². The first-order chi connectivity index (χ1) is 8.06. The molecule has 1 N–H and O–H groups in total. The van der Waals surface area contributed by atoms with E-state index >= 15 is 0 Å². The summed E-state index contributed by atoms with van der Waals surface area (Å²) in [5, 5.41) is 11.7. The fraction of sp³-hybridized carbons (Fsp3) is 0.100. The average molecular weight is 240 g/mol. The zero-order valence-electron chi connectivity index (χ0n) is 8.35. The Hall–Kier alpha value is -2.31. The number of hydrogen-bond acceptors (Lipinski definition) is 4. The lowest BCUT2D eigenvalue weighted by Gasteiger charge is -1.98. The molecule has 88 valence electrons. The average Bonchev–Trinajstić information content (AvgIpc) is 2.72. The summed E-state index contributed by atoms with van der Waals surface area (Å²) < 4.78 is 30.7. The largest absolute Gasteiger partial charge is 0.475 e. The molecule has 0 bridgehead atoms. The van der Waals surface area contributed by atoms with Gasteiger partial charge in [-0.25, -0.2) is 13.6 Å². The SMILES string of the molecule is O=C(O)c1noc(Cc2cc(F)ccc2F)n1. The summed E-state index contributed by atoms with van der Waals surface area (Å²) in [5.74, 6) is -3.18. The van der Waals surface area contributed by atoms with E-state index in [0.29, 0.717) is 0 Å². The molecule has 0 atom stereocenters. The molecule has 7 heteroatoms. The van der Waals surface area contributed by atoms with Crippen LogP contribution in [0.2, 0.25) is 0 Å². The van der Waals surface area contributed by atoms with Crippen molar-refractivity contribution in [3.63, 3.8) is 0 Å². The Morgan fingerprint density at radius 3 is 2.82 bits per heavy atom.